The molecular weight excluding hydrogens is 434 g/mol. The van der Waals surface area contributed by atoms with Gasteiger partial charge in [0.25, 0.3) is 0 Å². The Morgan fingerprint density at radius 2 is 1.90 bits per heavy atom. The molecule has 3 aromatic rings. The molecule has 1 saturated carbocycles. The minimum Gasteiger partial charge on any atom is -0.326 e. The number of anilines is 2. The number of carbonyl (C=O) groups excluding carboxylic acids is 1. The lowest BCUT2D eigenvalue weighted by Crippen LogP contribution is -2.25. The molecule has 8 nitrogen and oxygen atoms in total. The highest BCUT2D eigenvalue weighted by atomic mass is 32.2. The molecule has 0 saturated heterocycles. The number of hydrogen-bond acceptors (Lipinski definition) is 7. The number of rotatable bonds is 8. The predicted molar refractivity (Wildman–Crippen MR) is 121 cm³/mol. The molecular formula is C21H23N5O3S2. The van der Waals surface area contributed by atoms with Crippen LogP contribution in [0.1, 0.15) is 38.3 Å². The second-order valence-corrected chi connectivity index (χ2v) is 10.6. The van der Waals surface area contributed by atoms with E-state index in [1.807, 2.05) is 38.1 Å². The molecule has 10 heteroatoms. The van der Waals surface area contributed by atoms with E-state index in [1.165, 1.54) is 11.3 Å². The van der Waals surface area contributed by atoms with Gasteiger partial charge in [0.1, 0.15) is 0 Å². The predicted octanol–water partition coefficient (Wildman–Crippen LogP) is 3.88. The Morgan fingerprint density at radius 1 is 1.16 bits per heavy atom. The number of sulfonamides is 1. The molecule has 2 heterocycles. The minimum absolute atomic E-state index is 0.0196. The van der Waals surface area contributed by atoms with Crippen LogP contribution >= 0.6 is 11.3 Å². The van der Waals surface area contributed by atoms with Gasteiger partial charge in [0.15, 0.2) is 5.13 Å². The number of nitrogens with zero attached hydrogens (tertiary/aromatic N) is 3. The molecule has 0 radical (unpaired) electrons. The Hall–Kier alpha value is -2.85. The molecule has 1 atom stereocenters. The van der Waals surface area contributed by atoms with E-state index in [4.69, 9.17) is 0 Å². The number of benzene rings is 1. The lowest BCUT2D eigenvalue weighted by Gasteiger charge is -2.18. The second kappa shape index (κ2) is 8.72. The van der Waals surface area contributed by atoms with Gasteiger partial charge in [0, 0.05) is 29.0 Å². The lowest BCUT2D eigenvalue weighted by molar-refractivity contribution is -0.118. The number of nitrogens with one attached hydrogen (secondary N) is 2. The third kappa shape index (κ3) is 5.08. The van der Waals surface area contributed by atoms with Crippen molar-refractivity contribution in [2.75, 3.05) is 10.0 Å². The topological polar surface area (TPSA) is 114 Å². The van der Waals surface area contributed by atoms with Gasteiger partial charge in [-0.15, -0.1) is 11.3 Å². The number of aromatic nitrogens is 3. The van der Waals surface area contributed by atoms with Crippen molar-refractivity contribution in [3.63, 3.8) is 0 Å². The van der Waals surface area contributed by atoms with Crippen LogP contribution in [-0.2, 0) is 14.8 Å². The van der Waals surface area contributed by atoms with Crippen LogP contribution in [0.15, 0.2) is 48.2 Å². The van der Waals surface area contributed by atoms with Gasteiger partial charge in [0.2, 0.25) is 15.9 Å². The van der Waals surface area contributed by atoms with E-state index < -0.39 is 15.9 Å². The highest BCUT2D eigenvalue weighted by Gasteiger charge is 2.36. The van der Waals surface area contributed by atoms with Crippen molar-refractivity contribution < 1.29 is 13.2 Å². The maximum atomic E-state index is 13.0. The summed E-state index contributed by atoms with van der Waals surface area (Å²) >= 11 is 1.20. The summed E-state index contributed by atoms with van der Waals surface area (Å²) in [6.07, 6.45) is 6.29. The van der Waals surface area contributed by atoms with Crippen LogP contribution in [0.4, 0.5) is 10.8 Å². The molecule has 1 amide bonds. The van der Waals surface area contributed by atoms with Crippen molar-refractivity contribution in [1.29, 1.82) is 0 Å². The molecule has 4 rings (SSSR count). The van der Waals surface area contributed by atoms with Crippen LogP contribution < -0.4 is 10.0 Å². The maximum Gasteiger partial charge on any atom is 0.237 e. The Balaban J connectivity index is 1.47. The van der Waals surface area contributed by atoms with Crippen molar-refractivity contribution in [3.05, 3.63) is 53.9 Å². The minimum atomic E-state index is -3.38. The van der Waals surface area contributed by atoms with Gasteiger partial charge in [-0.05, 0) is 30.9 Å². The molecule has 31 heavy (non-hydrogen) atoms. The van der Waals surface area contributed by atoms with E-state index in [1.54, 1.807) is 24.0 Å². The first-order valence-corrected chi connectivity index (χ1v) is 12.4. The Morgan fingerprint density at radius 3 is 2.52 bits per heavy atom. The first-order chi connectivity index (χ1) is 14.8. The summed E-state index contributed by atoms with van der Waals surface area (Å²) in [5, 5.41) is 4.65. The van der Waals surface area contributed by atoms with Crippen molar-refractivity contribution in [3.8, 4) is 11.3 Å². The van der Waals surface area contributed by atoms with E-state index in [0.29, 0.717) is 29.4 Å². The van der Waals surface area contributed by atoms with Crippen LogP contribution in [0.2, 0.25) is 0 Å². The molecule has 0 spiro atoms. The van der Waals surface area contributed by atoms with Gasteiger partial charge in [-0.3, -0.25) is 19.5 Å². The van der Waals surface area contributed by atoms with Crippen LogP contribution in [0.3, 0.4) is 0 Å². The zero-order chi connectivity index (χ0) is 22.0. The van der Waals surface area contributed by atoms with Gasteiger partial charge < -0.3 is 5.32 Å². The Kier molecular flexibility index (Phi) is 6.01. The molecule has 1 aromatic carbocycles. The molecule has 1 unspecified atom stereocenters. The summed E-state index contributed by atoms with van der Waals surface area (Å²) in [6, 6.07) is 7.38. The standard InChI is InChI=1S/C21H23N5O3S2/c1-13(2)19(18-12-30-21(25-18)26-31(28,29)16-7-8-16)20(27)24-15-5-3-14(4-6-15)17-11-22-9-10-23-17/h3-6,9-13,16,19H,7-8H2,1-2H3,(H,24,27)(H,25,26). The van der Waals surface area contributed by atoms with Crippen LogP contribution in [0.25, 0.3) is 11.3 Å². The van der Waals surface area contributed by atoms with Crippen molar-refractivity contribution in [2.24, 2.45) is 5.92 Å². The molecule has 1 aliphatic rings. The molecule has 162 valence electrons. The third-order valence-electron chi connectivity index (χ3n) is 4.99. The zero-order valence-electron chi connectivity index (χ0n) is 17.1. The van der Waals surface area contributed by atoms with Crippen LogP contribution in [-0.4, -0.2) is 34.5 Å². The Labute approximate surface area is 185 Å². The van der Waals surface area contributed by atoms with E-state index in [-0.39, 0.29) is 17.1 Å². The van der Waals surface area contributed by atoms with Gasteiger partial charge in [-0.2, -0.15) is 0 Å². The van der Waals surface area contributed by atoms with E-state index in [0.717, 1.165) is 11.3 Å². The quantitative estimate of drug-likeness (QED) is 0.531. The summed E-state index contributed by atoms with van der Waals surface area (Å²) in [4.78, 5) is 25.7. The van der Waals surface area contributed by atoms with E-state index in [2.05, 4.69) is 25.0 Å². The van der Waals surface area contributed by atoms with Gasteiger partial charge in [-0.25, -0.2) is 13.4 Å². The Bertz CT molecular complexity index is 1160. The van der Waals surface area contributed by atoms with Gasteiger partial charge >= 0.3 is 0 Å². The number of carbonyl (C=O) groups is 1. The summed E-state index contributed by atoms with van der Waals surface area (Å²) in [7, 11) is -3.38. The highest BCUT2D eigenvalue weighted by Crippen LogP contribution is 2.33. The maximum absolute atomic E-state index is 13.0. The average molecular weight is 458 g/mol. The lowest BCUT2D eigenvalue weighted by atomic mass is 9.92. The van der Waals surface area contributed by atoms with Gasteiger partial charge in [-0.1, -0.05) is 26.0 Å². The fraction of sp³-hybridized carbons (Fsp3) is 0.333. The van der Waals surface area contributed by atoms with E-state index in [9.17, 15) is 13.2 Å². The summed E-state index contributed by atoms with van der Waals surface area (Å²) < 4.78 is 26.8. The van der Waals surface area contributed by atoms with Gasteiger partial charge in [0.05, 0.1) is 28.8 Å². The second-order valence-electron chi connectivity index (χ2n) is 7.80. The van der Waals surface area contributed by atoms with Crippen LogP contribution in [0.5, 0.6) is 0 Å². The number of thiazole rings is 1. The van der Waals surface area contributed by atoms with Crippen molar-refractivity contribution in [1.82, 2.24) is 15.0 Å². The SMILES string of the molecule is CC(C)C(C(=O)Nc1ccc(-c2cnccn2)cc1)c1csc(NS(=O)(=O)C2CC2)n1. The first kappa shape index (κ1) is 21.4. The molecule has 0 bridgehead atoms. The smallest absolute Gasteiger partial charge is 0.237 e. The fourth-order valence-electron chi connectivity index (χ4n) is 3.23. The summed E-state index contributed by atoms with van der Waals surface area (Å²) in [5.41, 5.74) is 2.87. The third-order valence-corrected chi connectivity index (χ3v) is 7.73. The molecule has 1 aliphatic carbocycles. The molecule has 2 aromatic heterocycles. The van der Waals surface area contributed by atoms with Crippen LogP contribution in [0, 0.1) is 5.92 Å². The number of amides is 1. The zero-order valence-corrected chi connectivity index (χ0v) is 18.8. The van der Waals surface area contributed by atoms with E-state index >= 15 is 0 Å². The average Bonchev–Trinajstić information content (AvgIpc) is 3.52. The summed E-state index contributed by atoms with van der Waals surface area (Å²) in [5.74, 6) is -0.715. The first-order valence-electron chi connectivity index (χ1n) is 9.98. The summed E-state index contributed by atoms with van der Waals surface area (Å²) in [6.45, 7) is 3.88. The largest absolute Gasteiger partial charge is 0.326 e. The van der Waals surface area contributed by atoms with Crippen molar-refractivity contribution >= 4 is 38.1 Å². The number of hydrogen-bond donors (Lipinski definition) is 2. The monoisotopic (exact) mass is 457 g/mol. The highest BCUT2D eigenvalue weighted by molar-refractivity contribution is 7.93. The normalized spacial score (nSPS) is 14.9. The fourth-order valence-corrected chi connectivity index (χ4v) is 5.57. The molecule has 2 N–H and O–H groups in total. The van der Waals surface area contributed by atoms with Crippen molar-refractivity contribution in [2.45, 2.75) is 37.9 Å². The molecule has 0 aliphatic heterocycles. The molecule has 1 fully saturated rings.